The molecule has 0 bridgehead atoms. The normalized spacial score (nSPS) is 15.8. The van der Waals surface area contributed by atoms with Gasteiger partial charge in [0.2, 0.25) is 0 Å². The van der Waals surface area contributed by atoms with E-state index < -0.39 is 12.1 Å². The van der Waals surface area contributed by atoms with Crippen LogP contribution in [0.3, 0.4) is 0 Å². The Hall–Kier alpha value is -3.64. The second kappa shape index (κ2) is 9.66. The smallest absolute Gasteiger partial charge is 0.333 e. The van der Waals surface area contributed by atoms with Crippen molar-refractivity contribution in [3.05, 3.63) is 88.5 Å². The highest BCUT2D eigenvalue weighted by atomic mass is 16.5. The summed E-state index contributed by atoms with van der Waals surface area (Å²) in [7, 11) is 1.39. The van der Waals surface area contributed by atoms with E-state index in [1.165, 1.54) is 7.11 Å². The second-order valence-electron chi connectivity index (χ2n) is 7.73. The summed E-state index contributed by atoms with van der Waals surface area (Å²) in [5.41, 5.74) is 3.98. The number of rotatable bonds is 8. The molecule has 2 aliphatic rings. The first kappa shape index (κ1) is 21.6. The molecule has 32 heavy (non-hydrogen) atoms. The van der Waals surface area contributed by atoms with E-state index >= 15 is 0 Å². The number of methoxy groups -OCH3 is 1. The van der Waals surface area contributed by atoms with Crippen molar-refractivity contribution < 1.29 is 24.2 Å². The minimum absolute atomic E-state index is 0.113. The van der Waals surface area contributed by atoms with Crippen LogP contribution < -0.4 is 20.5 Å². The topological polar surface area (TPSA) is 84.9 Å². The van der Waals surface area contributed by atoms with Gasteiger partial charge in [0.25, 0.3) is 0 Å². The molecule has 0 radical (unpaired) electrons. The Morgan fingerprint density at radius 1 is 1.09 bits per heavy atom. The summed E-state index contributed by atoms with van der Waals surface area (Å²) in [4.78, 5) is 23.1. The molecular weight excluding hydrogens is 406 g/mol. The number of benzene rings is 2. The molecular formula is C26H25NO5. The van der Waals surface area contributed by atoms with E-state index in [1.807, 2.05) is 48.7 Å². The lowest BCUT2D eigenvalue weighted by Crippen LogP contribution is -2.32. The molecule has 0 fully saturated rings. The number of carboxylic acid groups (broad SMARTS) is 1. The molecule has 1 unspecified atom stereocenters. The van der Waals surface area contributed by atoms with Crippen molar-refractivity contribution in [3.63, 3.8) is 0 Å². The summed E-state index contributed by atoms with van der Waals surface area (Å²) in [6.45, 7) is 0.471. The van der Waals surface area contributed by atoms with Crippen molar-refractivity contribution in [1.82, 2.24) is 5.32 Å². The summed E-state index contributed by atoms with van der Waals surface area (Å²) in [5, 5.41) is 14.7. The SMILES string of the molecule is COC(Cc1ccc(OCCC2=c3ccccc3=C3CC(=O)C=CC3=CN2)cc1)C(=O)O. The van der Waals surface area contributed by atoms with Crippen molar-refractivity contribution >= 4 is 23.0 Å². The van der Waals surface area contributed by atoms with Crippen molar-refractivity contribution in [3.8, 4) is 5.75 Å². The standard InChI is InChI=1S/C26H25NO5/c1-31-25(26(29)30)14-17-6-10-20(11-7-17)32-13-12-24-22-5-3-2-4-21(22)23-15-19(28)9-8-18(23)16-27-24/h2-11,16,25,27H,12-15H2,1H3,(H,29,30). The van der Waals surface area contributed by atoms with Crippen LogP contribution in [0.5, 0.6) is 5.75 Å². The first-order chi connectivity index (χ1) is 15.5. The Morgan fingerprint density at radius 3 is 2.56 bits per heavy atom. The Balaban J connectivity index is 1.47. The van der Waals surface area contributed by atoms with Gasteiger partial charge >= 0.3 is 5.97 Å². The number of ketones is 1. The van der Waals surface area contributed by atoms with Crippen LogP contribution in [-0.4, -0.2) is 36.7 Å². The van der Waals surface area contributed by atoms with Gasteiger partial charge in [-0.15, -0.1) is 0 Å². The van der Waals surface area contributed by atoms with Gasteiger partial charge in [0.05, 0.1) is 6.61 Å². The number of nitrogens with one attached hydrogen (secondary N) is 1. The lowest BCUT2D eigenvalue weighted by Gasteiger charge is -2.12. The number of carbonyl (C=O) groups excluding carboxylic acids is 1. The van der Waals surface area contributed by atoms with Gasteiger partial charge in [0.1, 0.15) is 5.75 Å². The number of carbonyl (C=O) groups is 2. The third-order valence-corrected chi connectivity index (χ3v) is 5.65. The number of hydrogen-bond donors (Lipinski definition) is 2. The highest BCUT2D eigenvalue weighted by Gasteiger charge is 2.18. The fourth-order valence-corrected chi connectivity index (χ4v) is 3.94. The molecule has 0 saturated carbocycles. The fourth-order valence-electron chi connectivity index (χ4n) is 3.94. The average molecular weight is 431 g/mol. The maximum Gasteiger partial charge on any atom is 0.333 e. The van der Waals surface area contributed by atoms with Gasteiger partial charge < -0.3 is 19.9 Å². The molecule has 0 spiro atoms. The van der Waals surface area contributed by atoms with Gasteiger partial charge in [0, 0.05) is 43.5 Å². The second-order valence-corrected chi connectivity index (χ2v) is 7.73. The molecule has 4 rings (SSSR count). The van der Waals surface area contributed by atoms with Gasteiger partial charge in [-0.1, -0.05) is 36.4 Å². The number of fused-ring (bicyclic) bond motifs is 2. The Bertz CT molecular complexity index is 1210. The minimum Gasteiger partial charge on any atom is -0.493 e. The van der Waals surface area contributed by atoms with Crippen molar-refractivity contribution in [1.29, 1.82) is 0 Å². The maximum absolute atomic E-state index is 12.0. The molecule has 2 aromatic rings. The molecule has 1 atom stereocenters. The summed E-state index contributed by atoms with van der Waals surface area (Å²) in [6.07, 6.45) is 5.96. The van der Waals surface area contributed by atoms with Crippen LogP contribution in [0, 0.1) is 0 Å². The highest BCUT2D eigenvalue weighted by Crippen LogP contribution is 2.22. The molecule has 164 valence electrons. The van der Waals surface area contributed by atoms with E-state index in [9.17, 15) is 9.59 Å². The van der Waals surface area contributed by atoms with E-state index in [-0.39, 0.29) is 5.78 Å². The number of ether oxygens (including phenoxy) is 2. The predicted octanol–water partition coefficient (Wildman–Crippen LogP) is 2.07. The van der Waals surface area contributed by atoms with Crippen LogP contribution in [0.4, 0.5) is 0 Å². The van der Waals surface area contributed by atoms with E-state index in [0.717, 1.165) is 38.6 Å². The van der Waals surface area contributed by atoms with Crippen molar-refractivity contribution in [2.45, 2.75) is 25.4 Å². The van der Waals surface area contributed by atoms with Crippen LogP contribution >= 0.6 is 0 Å². The average Bonchev–Trinajstić information content (AvgIpc) is 2.95. The lowest BCUT2D eigenvalue weighted by atomic mass is 9.93. The van der Waals surface area contributed by atoms with Gasteiger partial charge in [-0.3, -0.25) is 4.79 Å². The molecule has 0 aromatic heterocycles. The van der Waals surface area contributed by atoms with Crippen LogP contribution in [0.25, 0.3) is 11.3 Å². The molecule has 1 aliphatic heterocycles. The first-order valence-corrected chi connectivity index (χ1v) is 10.5. The van der Waals surface area contributed by atoms with Crippen molar-refractivity contribution in [2.24, 2.45) is 0 Å². The van der Waals surface area contributed by atoms with Gasteiger partial charge in [-0.25, -0.2) is 4.79 Å². The van der Waals surface area contributed by atoms with Gasteiger partial charge in [-0.2, -0.15) is 0 Å². The molecule has 1 aliphatic carbocycles. The predicted molar refractivity (Wildman–Crippen MR) is 121 cm³/mol. The van der Waals surface area contributed by atoms with Gasteiger partial charge in [0.15, 0.2) is 11.9 Å². The highest BCUT2D eigenvalue weighted by molar-refractivity contribution is 6.02. The van der Waals surface area contributed by atoms with Crippen LogP contribution in [0.1, 0.15) is 18.4 Å². The van der Waals surface area contributed by atoms with Gasteiger partial charge in [-0.05, 0) is 46.2 Å². The van der Waals surface area contributed by atoms with Crippen LogP contribution in [-0.2, 0) is 20.7 Å². The number of hydrogen-bond acceptors (Lipinski definition) is 5. The van der Waals surface area contributed by atoms with E-state index in [0.29, 0.717) is 25.9 Å². The Labute approximate surface area is 186 Å². The summed E-state index contributed by atoms with van der Waals surface area (Å²) in [5.74, 6) is -0.147. The Kier molecular flexibility index (Phi) is 6.52. The van der Waals surface area contributed by atoms with E-state index in [2.05, 4.69) is 17.4 Å². The zero-order valence-corrected chi connectivity index (χ0v) is 17.8. The quantitative estimate of drug-likeness (QED) is 0.666. The summed E-state index contributed by atoms with van der Waals surface area (Å²) >= 11 is 0. The third kappa shape index (κ3) is 4.81. The number of allylic oxidation sites excluding steroid dienone is 3. The molecule has 2 aromatic carbocycles. The zero-order valence-electron chi connectivity index (χ0n) is 17.8. The monoisotopic (exact) mass is 431 g/mol. The summed E-state index contributed by atoms with van der Waals surface area (Å²) < 4.78 is 10.9. The van der Waals surface area contributed by atoms with Crippen molar-refractivity contribution in [2.75, 3.05) is 13.7 Å². The van der Waals surface area contributed by atoms with Crippen LogP contribution in [0.15, 0.2) is 72.5 Å². The van der Waals surface area contributed by atoms with Crippen LogP contribution in [0.2, 0.25) is 0 Å². The molecule has 0 saturated heterocycles. The molecule has 1 heterocycles. The maximum atomic E-state index is 12.0. The van der Waals surface area contributed by atoms with E-state index in [4.69, 9.17) is 14.6 Å². The minimum atomic E-state index is -0.978. The van der Waals surface area contributed by atoms with E-state index in [1.54, 1.807) is 6.08 Å². The third-order valence-electron chi connectivity index (χ3n) is 5.65. The summed E-state index contributed by atoms with van der Waals surface area (Å²) in [6, 6.07) is 15.5. The lowest BCUT2D eigenvalue weighted by molar-refractivity contribution is -0.148. The number of aliphatic carboxylic acids is 1. The molecule has 2 N–H and O–H groups in total. The molecule has 6 nitrogen and oxygen atoms in total. The largest absolute Gasteiger partial charge is 0.493 e. The number of carboxylic acids is 1. The zero-order chi connectivity index (χ0) is 22.5. The Morgan fingerprint density at radius 2 is 1.84 bits per heavy atom. The molecule has 0 amide bonds. The molecule has 6 heteroatoms. The fraction of sp³-hybridized carbons (Fsp3) is 0.231. The first-order valence-electron chi connectivity index (χ1n) is 10.5.